The summed E-state index contributed by atoms with van der Waals surface area (Å²) in [6.07, 6.45) is 3.82. The number of rotatable bonds is 5. The molecule has 0 aliphatic carbocycles. The number of likely N-dealkylation sites (tertiary alicyclic amines) is 1. The number of aromatic nitrogens is 1. The average molecular weight is 418 g/mol. The monoisotopic (exact) mass is 417 g/mol. The first-order chi connectivity index (χ1) is 13.5. The number of benzene rings is 1. The zero-order valence-corrected chi connectivity index (χ0v) is 17.2. The van der Waals surface area contributed by atoms with Gasteiger partial charge in [0.25, 0.3) is 10.0 Å². The van der Waals surface area contributed by atoms with Crippen molar-refractivity contribution in [2.24, 2.45) is 0 Å². The number of sulfonamides is 1. The van der Waals surface area contributed by atoms with E-state index in [1.54, 1.807) is 23.3 Å². The predicted molar refractivity (Wildman–Crippen MR) is 111 cm³/mol. The molecule has 0 saturated carbocycles. The molecule has 1 saturated heterocycles. The van der Waals surface area contributed by atoms with E-state index in [2.05, 4.69) is 28.0 Å². The Morgan fingerprint density at radius 1 is 1.21 bits per heavy atom. The number of hydrogen-bond donors (Lipinski definition) is 2. The van der Waals surface area contributed by atoms with E-state index in [0.29, 0.717) is 19.0 Å². The summed E-state index contributed by atoms with van der Waals surface area (Å²) in [4.78, 5) is 17.8. The van der Waals surface area contributed by atoms with Crippen LogP contribution in [0.2, 0.25) is 0 Å². The van der Waals surface area contributed by atoms with Crippen molar-refractivity contribution in [2.75, 3.05) is 13.1 Å². The van der Waals surface area contributed by atoms with Gasteiger partial charge in [0, 0.05) is 30.2 Å². The van der Waals surface area contributed by atoms with Crippen LogP contribution in [0.15, 0.2) is 52.2 Å². The van der Waals surface area contributed by atoms with E-state index in [4.69, 9.17) is 0 Å². The van der Waals surface area contributed by atoms with Crippen LogP contribution in [0.3, 0.4) is 0 Å². The standard InChI is InChI=1S/C20H23N3O3S2/c1-14(22-28(25,26)19-7-4-12-27-19)20(24)23-10-8-15(9-11-23)17-13-21-18-6-3-2-5-16(17)18/h2-7,12-15,21-22H,8-11H2,1H3. The fourth-order valence-corrected chi connectivity index (χ4v) is 6.08. The molecule has 1 aliphatic heterocycles. The van der Waals surface area contributed by atoms with Crippen LogP contribution in [-0.4, -0.2) is 43.3 Å². The molecule has 6 nitrogen and oxygen atoms in total. The van der Waals surface area contributed by atoms with Crippen molar-refractivity contribution in [2.45, 2.75) is 35.9 Å². The first-order valence-corrected chi connectivity index (χ1v) is 11.7. The van der Waals surface area contributed by atoms with Crippen LogP contribution in [0.1, 0.15) is 31.2 Å². The fourth-order valence-electron chi connectivity index (χ4n) is 3.87. The van der Waals surface area contributed by atoms with Crippen molar-refractivity contribution in [3.05, 3.63) is 53.5 Å². The predicted octanol–water partition coefficient (Wildman–Crippen LogP) is 3.30. The Hall–Kier alpha value is -2.16. The number of carbonyl (C=O) groups excluding carboxylic acids is 1. The molecule has 2 N–H and O–H groups in total. The molecule has 1 aromatic carbocycles. The number of thiophene rings is 1. The second kappa shape index (κ2) is 7.69. The largest absolute Gasteiger partial charge is 0.361 e. The Morgan fingerprint density at radius 2 is 1.96 bits per heavy atom. The summed E-state index contributed by atoms with van der Waals surface area (Å²) >= 11 is 1.14. The number of carbonyl (C=O) groups is 1. The highest BCUT2D eigenvalue weighted by molar-refractivity contribution is 7.91. The highest BCUT2D eigenvalue weighted by atomic mass is 32.2. The van der Waals surface area contributed by atoms with Crippen LogP contribution in [0, 0.1) is 0 Å². The van der Waals surface area contributed by atoms with E-state index < -0.39 is 16.1 Å². The third-order valence-corrected chi connectivity index (χ3v) is 8.27. The molecule has 148 valence electrons. The lowest BCUT2D eigenvalue weighted by Gasteiger charge is -2.33. The minimum Gasteiger partial charge on any atom is -0.361 e. The van der Waals surface area contributed by atoms with Crippen molar-refractivity contribution in [1.82, 2.24) is 14.6 Å². The van der Waals surface area contributed by atoms with Gasteiger partial charge in [0.2, 0.25) is 5.91 Å². The zero-order valence-electron chi connectivity index (χ0n) is 15.6. The van der Waals surface area contributed by atoms with Gasteiger partial charge in [0.05, 0.1) is 6.04 Å². The van der Waals surface area contributed by atoms with Gasteiger partial charge in [-0.15, -0.1) is 11.3 Å². The maximum atomic E-state index is 12.7. The number of nitrogens with zero attached hydrogens (tertiary/aromatic N) is 1. The minimum atomic E-state index is -3.65. The van der Waals surface area contributed by atoms with E-state index in [0.717, 1.165) is 29.7 Å². The quantitative estimate of drug-likeness (QED) is 0.668. The van der Waals surface area contributed by atoms with E-state index in [1.807, 2.05) is 12.1 Å². The SMILES string of the molecule is CC(NS(=O)(=O)c1cccs1)C(=O)N1CCC(c2c[nH]c3ccccc23)CC1. The lowest BCUT2D eigenvalue weighted by Crippen LogP contribution is -2.49. The Kier molecular flexibility index (Phi) is 5.27. The molecule has 3 heterocycles. The molecule has 1 aliphatic rings. The molecule has 0 spiro atoms. The second-order valence-corrected chi connectivity index (χ2v) is 10.1. The molecule has 28 heavy (non-hydrogen) atoms. The summed E-state index contributed by atoms with van der Waals surface area (Å²) < 4.78 is 27.4. The lowest BCUT2D eigenvalue weighted by molar-refractivity contribution is -0.133. The van der Waals surface area contributed by atoms with Gasteiger partial charge in [0.15, 0.2) is 0 Å². The summed E-state index contributed by atoms with van der Waals surface area (Å²) in [6, 6.07) is 10.7. The number of nitrogens with one attached hydrogen (secondary N) is 2. The van der Waals surface area contributed by atoms with Crippen LogP contribution in [0.5, 0.6) is 0 Å². The van der Waals surface area contributed by atoms with Crippen molar-refractivity contribution >= 4 is 38.2 Å². The van der Waals surface area contributed by atoms with Crippen molar-refractivity contribution in [1.29, 1.82) is 0 Å². The van der Waals surface area contributed by atoms with Crippen molar-refractivity contribution in [3.63, 3.8) is 0 Å². The molecule has 4 rings (SSSR count). The first-order valence-electron chi connectivity index (χ1n) is 9.36. The number of piperidine rings is 1. The molecular formula is C20H23N3O3S2. The normalized spacial score (nSPS) is 17.1. The third kappa shape index (κ3) is 3.72. The summed E-state index contributed by atoms with van der Waals surface area (Å²) in [6.45, 7) is 2.88. The van der Waals surface area contributed by atoms with E-state index in [-0.39, 0.29) is 10.1 Å². The minimum absolute atomic E-state index is 0.169. The number of amides is 1. The maximum Gasteiger partial charge on any atom is 0.250 e. The van der Waals surface area contributed by atoms with Gasteiger partial charge in [-0.25, -0.2) is 8.42 Å². The smallest absolute Gasteiger partial charge is 0.250 e. The van der Waals surface area contributed by atoms with Gasteiger partial charge in [-0.2, -0.15) is 4.72 Å². The number of fused-ring (bicyclic) bond motifs is 1. The summed E-state index contributed by atoms with van der Waals surface area (Å²) in [7, 11) is -3.65. The van der Waals surface area contributed by atoms with Gasteiger partial charge in [0.1, 0.15) is 4.21 Å². The van der Waals surface area contributed by atoms with Crippen LogP contribution in [0.25, 0.3) is 10.9 Å². The van der Waals surface area contributed by atoms with Gasteiger partial charge in [-0.05, 0) is 48.8 Å². The van der Waals surface area contributed by atoms with Crippen LogP contribution in [0.4, 0.5) is 0 Å². The number of hydrogen-bond acceptors (Lipinski definition) is 4. The topological polar surface area (TPSA) is 82.3 Å². The summed E-state index contributed by atoms with van der Waals surface area (Å²) in [5, 5.41) is 2.95. The first kappa shape index (κ1) is 19.2. The third-order valence-electron chi connectivity index (χ3n) is 5.33. The van der Waals surface area contributed by atoms with Crippen LogP contribution < -0.4 is 4.72 Å². The Morgan fingerprint density at radius 3 is 2.68 bits per heavy atom. The van der Waals surface area contributed by atoms with Crippen LogP contribution in [-0.2, 0) is 14.8 Å². The molecule has 0 bridgehead atoms. The second-order valence-electron chi connectivity index (χ2n) is 7.16. The van der Waals surface area contributed by atoms with Gasteiger partial charge >= 0.3 is 0 Å². The maximum absolute atomic E-state index is 12.7. The van der Waals surface area contributed by atoms with E-state index >= 15 is 0 Å². The molecule has 1 unspecified atom stereocenters. The summed E-state index contributed by atoms with van der Waals surface area (Å²) in [5.41, 5.74) is 2.43. The molecule has 3 aromatic rings. The van der Waals surface area contributed by atoms with Gasteiger partial charge in [-0.3, -0.25) is 4.79 Å². The highest BCUT2D eigenvalue weighted by Crippen LogP contribution is 2.33. The molecule has 1 amide bonds. The summed E-state index contributed by atoms with van der Waals surface area (Å²) in [5.74, 6) is 0.232. The molecule has 1 fully saturated rings. The van der Waals surface area contributed by atoms with Gasteiger partial charge < -0.3 is 9.88 Å². The lowest BCUT2D eigenvalue weighted by atomic mass is 9.89. The van der Waals surface area contributed by atoms with Crippen molar-refractivity contribution in [3.8, 4) is 0 Å². The molecule has 0 radical (unpaired) electrons. The number of para-hydroxylation sites is 1. The Bertz CT molecular complexity index is 1070. The zero-order chi connectivity index (χ0) is 19.7. The number of H-pyrrole nitrogens is 1. The van der Waals surface area contributed by atoms with E-state index in [1.165, 1.54) is 17.0 Å². The molecule has 8 heteroatoms. The van der Waals surface area contributed by atoms with E-state index in [9.17, 15) is 13.2 Å². The molecule has 1 atom stereocenters. The number of aromatic amines is 1. The highest BCUT2D eigenvalue weighted by Gasteiger charge is 2.30. The average Bonchev–Trinajstić information content (AvgIpc) is 3.37. The van der Waals surface area contributed by atoms with Crippen LogP contribution >= 0.6 is 11.3 Å². The van der Waals surface area contributed by atoms with Gasteiger partial charge in [-0.1, -0.05) is 24.3 Å². The fraction of sp³-hybridized carbons (Fsp3) is 0.350. The van der Waals surface area contributed by atoms with Crippen molar-refractivity contribution < 1.29 is 13.2 Å². The molecular weight excluding hydrogens is 394 g/mol. The Balaban J connectivity index is 1.38. The molecule has 2 aromatic heterocycles. The Labute approximate surface area is 168 Å².